The maximum Gasteiger partial charge on any atom is 0.207 e. The number of rotatable bonds is 3. The van der Waals surface area contributed by atoms with E-state index in [1.54, 1.807) is 11.3 Å². The van der Waals surface area contributed by atoms with Crippen molar-refractivity contribution in [2.24, 2.45) is 5.10 Å². The maximum absolute atomic E-state index is 6.11. The number of thiazole rings is 1. The molecule has 0 N–H and O–H groups in total. The number of hydrazone groups is 1. The van der Waals surface area contributed by atoms with Crippen molar-refractivity contribution in [2.75, 3.05) is 5.01 Å². The van der Waals surface area contributed by atoms with Gasteiger partial charge in [-0.2, -0.15) is 5.10 Å². The molecule has 1 aromatic heterocycles. The molecule has 0 saturated heterocycles. The number of hydrogen-bond donors (Lipinski definition) is 0. The average Bonchev–Trinajstić information content (AvgIpc) is 3.33. The van der Waals surface area contributed by atoms with Crippen LogP contribution in [0.5, 0.6) is 0 Å². The summed E-state index contributed by atoms with van der Waals surface area (Å²) in [6.07, 6.45) is 0.834. The molecule has 2 heterocycles. The Morgan fingerprint density at radius 2 is 1.79 bits per heavy atom. The fraction of sp³-hybridized carbons (Fsp3) is 0.130. The minimum Gasteiger partial charge on any atom is -0.231 e. The summed E-state index contributed by atoms with van der Waals surface area (Å²) in [5, 5.41) is 8.73. The fourth-order valence-corrected chi connectivity index (χ4v) is 4.75. The minimum absolute atomic E-state index is 0.106. The van der Waals surface area contributed by atoms with Gasteiger partial charge >= 0.3 is 0 Å². The van der Waals surface area contributed by atoms with Crippen molar-refractivity contribution in [3.63, 3.8) is 0 Å². The van der Waals surface area contributed by atoms with E-state index < -0.39 is 0 Å². The van der Waals surface area contributed by atoms with E-state index in [0.29, 0.717) is 0 Å². The Morgan fingerprint density at radius 1 is 1.00 bits per heavy atom. The lowest BCUT2D eigenvalue weighted by molar-refractivity contribution is 0.707. The second-order valence-electron chi connectivity index (χ2n) is 7.00. The van der Waals surface area contributed by atoms with Crippen LogP contribution in [0, 0.1) is 6.92 Å². The predicted molar refractivity (Wildman–Crippen MR) is 119 cm³/mol. The first-order valence-corrected chi connectivity index (χ1v) is 10.4. The lowest BCUT2D eigenvalue weighted by Crippen LogP contribution is -2.18. The van der Waals surface area contributed by atoms with E-state index in [4.69, 9.17) is 21.7 Å². The first kappa shape index (κ1) is 17.4. The first-order chi connectivity index (χ1) is 13.7. The Bertz CT molecular complexity index is 1170. The number of benzene rings is 3. The van der Waals surface area contributed by atoms with E-state index in [0.717, 1.165) is 33.4 Å². The van der Waals surface area contributed by atoms with Crippen molar-refractivity contribution in [1.29, 1.82) is 0 Å². The molecule has 0 radical (unpaired) electrons. The normalized spacial score (nSPS) is 16.6. The smallest absolute Gasteiger partial charge is 0.207 e. The van der Waals surface area contributed by atoms with Crippen LogP contribution in [-0.4, -0.2) is 10.7 Å². The molecule has 138 valence electrons. The molecule has 5 heteroatoms. The second-order valence-corrected chi connectivity index (χ2v) is 8.44. The molecule has 0 aliphatic carbocycles. The molecule has 0 saturated carbocycles. The van der Waals surface area contributed by atoms with E-state index in [2.05, 4.69) is 66.5 Å². The molecule has 5 rings (SSSR count). The molecule has 0 fully saturated rings. The van der Waals surface area contributed by atoms with E-state index in [1.165, 1.54) is 15.8 Å². The van der Waals surface area contributed by atoms with Crippen molar-refractivity contribution < 1.29 is 0 Å². The number of halogens is 1. The van der Waals surface area contributed by atoms with E-state index in [9.17, 15) is 0 Å². The molecule has 1 aliphatic rings. The van der Waals surface area contributed by atoms with Gasteiger partial charge in [0.15, 0.2) is 0 Å². The largest absolute Gasteiger partial charge is 0.231 e. The highest BCUT2D eigenvalue weighted by Gasteiger charge is 2.31. The van der Waals surface area contributed by atoms with Gasteiger partial charge in [0.1, 0.15) is 0 Å². The van der Waals surface area contributed by atoms with Crippen LogP contribution in [0.3, 0.4) is 0 Å². The van der Waals surface area contributed by atoms with Gasteiger partial charge in [-0.15, -0.1) is 0 Å². The van der Waals surface area contributed by atoms with Crippen LogP contribution >= 0.6 is 22.9 Å². The number of hydrogen-bond acceptors (Lipinski definition) is 4. The standard InChI is InChI=1S/C23H18ClN3S/c1-15-7-12-19-22(13-15)28-23(25-19)27-21(17-8-10-18(24)11-9-17)14-20(26-27)16-5-3-2-4-6-16/h2-13,21H,14H2,1H3. The summed E-state index contributed by atoms with van der Waals surface area (Å²) in [6, 6.07) is 24.9. The zero-order chi connectivity index (χ0) is 19.1. The van der Waals surface area contributed by atoms with Crippen LogP contribution in [0.2, 0.25) is 5.02 Å². The Morgan fingerprint density at radius 3 is 2.57 bits per heavy atom. The average molecular weight is 404 g/mol. The van der Waals surface area contributed by atoms with Crippen LogP contribution in [-0.2, 0) is 0 Å². The number of aryl methyl sites for hydroxylation is 1. The van der Waals surface area contributed by atoms with E-state index in [1.807, 2.05) is 18.2 Å². The summed E-state index contributed by atoms with van der Waals surface area (Å²) < 4.78 is 1.19. The lowest BCUT2D eigenvalue weighted by Gasteiger charge is -2.21. The summed E-state index contributed by atoms with van der Waals surface area (Å²) in [5.41, 5.74) is 5.68. The highest BCUT2D eigenvalue weighted by Crippen LogP contribution is 2.40. The van der Waals surface area contributed by atoms with E-state index >= 15 is 0 Å². The Labute approximate surface area is 172 Å². The molecule has 3 nitrogen and oxygen atoms in total. The third kappa shape index (κ3) is 3.19. The molecular weight excluding hydrogens is 386 g/mol. The molecular formula is C23H18ClN3S. The molecule has 1 atom stereocenters. The van der Waals surface area contributed by atoms with Gasteiger partial charge in [0, 0.05) is 11.4 Å². The van der Waals surface area contributed by atoms with Crippen LogP contribution < -0.4 is 5.01 Å². The first-order valence-electron chi connectivity index (χ1n) is 9.22. The highest BCUT2D eigenvalue weighted by molar-refractivity contribution is 7.22. The van der Waals surface area contributed by atoms with Crippen LogP contribution in [0.15, 0.2) is 77.9 Å². The zero-order valence-electron chi connectivity index (χ0n) is 15.3. The minimum atomic E-state index is 0.106. The highest BCUT2D eigenvalue weighted by atomic mass is 35.5. The Balaban J connectivity index is 1.60. The van der Waals surface area contributed by atoms with Gasteiger partial charge < -0.3 is 0 Å². The third-order valence-corrected chi connectivity index (χ3v) is 6.26. The quantitative estimate of drug-likeness (QED) is 0.384. The topological polar surface area (TPSA) is 28.5 Å². The zero-order valence-corrected chi connectivity index (χ0v) is 16.9. The van der Waals surface area contributed by atoms with Gasteiger partial charge in [-0.1, -0.05) is 71.5 Å². The number of nitrogens with zero attached hydrogens (tertiary/aromatic N) is 3. The van der Waals surface area contributed by atoms with Crippen LogP contribution in [0.25, 0.3) is 10.2 Å². The van der Waals surface area contributed by atoms with Crippen molar-refractivity contribution in [1.82, 2.24) is 4.98 Å². The number of anilines is 1. The van der Waals surface area contributed by atoms with Crippen molar-refractivity contribution in [3.8, 4) is 0 Å². The number of fused-ring (bicyclic) bond motifs is 1. The molecule has 4 aromatic rings. The molecule has 0 spiro atoms. The maximum atomic E-state index is 6.11. The summed E-state index contributed by atoms with van der Waals surface area (Å²) in [5.74, 6) is 0. The van der Waals surface area contributed by atoms with Crippen molar-refractivity contribution >= 4 is 44.0 Å². The summed E-state index contributed by atoms with van der Waals surface area (Å²) in [4.78, 5) is 4.87. The second kappa shape index (κ2) is 7.04. The van der Waals surface area contributed by atoms with Gasteiger partial charge in [0.25, 0.3) is 0 Å². The predicted octanol–water partition coefficient (Wildman–Crippen LogP) is 6.61. The monoisotopic (exact) mass is 403 g/mol. The molecule has 3 aromatic carbocycles. The molecule has 28 heavy (non-hydrogen) atoms. The van der Waals surface area contributed by atoms with Gasteiger partial charge in [-0.3, -0.25) is 0 Å². The van der Waals surface area contributed by atoms with E-state index in [-0.39, 0.29) is 6.04 Å². The van der Waals surface area contributed by atoms with Crippen LogP contribution in [0.1, 0.15) is 29.2 Å². The lowest BCUT2D eigenvalue weighted by atomic mass is 9.99. The SMILES string of the molecule is Cc1ccc2nc(N3N=C(c4ccccc4)CC3c3ccc(Cl)cc3)sc2c1. The van der Waals surface area contributed by atoms with Gasteiger partial charge in [0.05, 0.1) is 22.0 Å². The van der Waals surface area contributed by atoms with Gasteiger partial charge in [0.2, 0.25) is 5.13 Å². The van der Waals surface area contributed by atoms with Gasteiger partial charge in [-0.05, 0) is 47.9 Å². The summed E-state index contributed by atoms with van der Waals surface area (Å²) >= 11 is 7.80. The third-order valence-electron chi connectivity index (χ3n) is 5.00. The Kier molecular flexibility index (Phi) is 4.38. The summed E-state index contributed by atoms with van der Waals surface area (Å²) in [7, 11) is 0. The molecule has 0 bridgehead atoms. The van der Waals surface area contributed by atoms with Crippen molar-refractivity contribution in [3.05, 3.63) is 94.5 Å². The molecule has 1 unspecified atom stereocenters. The Hall–Kier alpha value is -2.69. The number of aromatic nitrogens is 1. The van der Waals surface area contributed by atoms with Gasteiger partial charge in [-0.25, -0.2) is 9.99 Å². The fourth-order valence-electron chi connectivity index (χ4n) is 3.55. The summed E-state index contributed by atoms with van der Waals surface area (Å²) in [6.45, 7) is 2.11. The van der Waals surface area contributed by atoms with Crippen LogP contribution in [0.4, 0.5) is 5.13 Å². The molecule has 0 amide bonds. The molecule has 1 aliphatic heterocycles. The van der Waals surface area contributed by atoms with Crippen molar-refractivity contribution in [2.45, 2.75) is 19.4 Å².